The van der Waals surface area contributed by atoms with Crippen molar-refractivity contribution in [2.45, 2.75) is 0 Å². The molecule has 11 aromatic rings. The van der Waals surface area contributed by atoms with Gasteiger partial charge < -0.3 is 13.7 Å². The third kappa shape index (κ3) is 4.06. The minimum absolute atomic E-state index is 1.15. The molecule has 0 atom stereocenters. The number of rotatable bonds is 4. The lowest BCUT2D eigenvalue weighted by atomic mass is 10.0. The van der Waals surface area contributed by atoms with Crippen LogP contribution in [0.15, 0.2) is 188 Å². The van der Waals surface area contributed by atoms with Crippen LogP contribution in [0, 0.1) is 0 Å². The molecular weight excluding hydrogens is 619 g/mol. The zero-order chi connectivity index (χ0) is 33.5. The molecule has 238 valence electrons. The summed E-state index contributed by atoms with van der Waals surface area (Å²) in [5.74, 6) is 0. The fourth-order valence-electron chi connectivity index (χ4n) is 8.42. The first-order chi connectivity index (χ1) is 25.3. The van der Waals surface area contributed by atoms with Crippen molar-refractivity contribution in [2.75, 3.05) is 0 Å². The first-order valence-corrected chi connectivity index (χ1v) is 17.5. The predicted octanol–water partition coefficient (Wildman–Crippen LogP) is 12.6. The summed E-state index contributed by atoms with van der Waals surface area (Å²) in [6, 6.07) is 68.4. The van der Waals surface area contributed by atoms with Crippen LogP contribution >= 0.6 is 0 Å². The maximum absolute atomic E-state index is 2.46. The number of hydrogen-bond acceptors (Lipinski definition) is 0. The van der Waals surface area contributed by atoms with Crippen LogP contribution in [0.1, 0.15) is 0 Å². The Balaban J connectivity index is 1.15. The molecule has 3 heterocycles. The van der Waals surface area contributed by atoms with E-state index >= 15 is 0 Å². The van der Waals surface area contributed by atoms with Crippen molar-refractivity contribution in [2.24, 2.45) is 0 Å². The Bertz CT molecular complexity index is 3050. The van der Waals surface area contributed by atoms with Crippen LogP contribution < -0.4 is 0 Å². The molecule has 0 aliphatic rings. The largest absolute Gasteiger partial charge is 0.309 e. The van der Waals surface area contributed by atoms with Crippen molar-refractivity contribution < 1.29 is 0 Å². The molecule has 0 saturated heterocycles. The van der Waals surface area contributed by atoms with E-state index in [9.17, 15) is 0 Å². The second kappa shape index (κ2) is 10.8. The van der Waals surface area contributed by atoms with Gasteiger partial charge in [0.15, 0.2) is 0 Å². The van der Waals surface area contributed by atoms with Crippen molar-refractivity contribution in [1.82, 2.24) is 13.7 Å². The summed E-state index contributed by atoms with van der Waals surface area (Å²) in [6.07, 6.45) is 0. The van der Waals surface area contributed by atoms with Crippen LogP contribution in [-0.4, -0.2) is 13.7 Å². The Morgan fingerprint density at radius 3 is 1.18 bits per heavy atom. The summed E-state index contributed by atoms with van der Waals surface area (Å²) in [6.45, 7) is 0. The smallest absolute Gasteiger partial charge is 0.0788 e. The molecule has 0 aliphatic carbocycles. The predicted molar refractivity (Wildman–Crippen MR) is 215 cm³/mol. The van der Waals surface area contributed by atoms with Crippen molar-refractivity contribution in [3.05, 3.63) is 188 Å². The van der Waals surface area contributed by atoms with E-state index in [2.05, 4.69) is 202 Å². The molecule has 3 heteroatoms. The van der Waals surface area contributed by atoms with E-state index in [1.54, 1.807) is 0 Å². The van der Waals surface area contributed by atoms with Crippen molar-refractivity contribution >= 4 is 65.4 Å². The van der Waals surface area contributed by atoms with E-state index in [-0.39, 0.29) is 0 Å². The fraction of sp³-hybridized carbons (Fsp3) is 0. The van der Waals surface area contributed by atoms with E-state index < -0.39 is 0 Å². The standard InChI is InChI=1S/C48H31N3/c1-3-13-34(14-4-1)50-45-22-12-9-19-39(45)40-28-29-41-42-31-33(25-30-46(42)51(48(41)47(40)50)35-15-5-2-6-16-35)32-23-26-36(27-24-32)49-43-20-10-7-17-37(43)38-18-8-11-21-44(38)49/h1-31H. The van der Waals surface area contributed by atoms with E-state index in [1.165, 1.54) is 76.5 Å². The summed E-state index contributed by atoms with van der Waals surface area (Å²) in [7, 11) is 0. The molecule has 51 heavy (non-hydrogen) atoms. The normalized spacial score (nSPS) is 11.9. The maximum Gasteiger partial charge on any atom is 0.0788 e. The van der Waals surface area contributed by atoms with Crippen molar-refractivity contribution in [1.29, 1.82) is 0 Å². The molecule has 0 fully saturated rings. The summed E-state index contributed by atoms with van der Waals surface area (Å²) < 4.78 is 7.28. The molecule has 0 N–H and O–H groups in total. The summed E-state index contributed by atoms with van der Waals surface area (Å²) >= 11 is 0. The van der Waals surface area contributed by atoms with Gasteiger partial charge in [-0.05, 0) is 77.9 Å². The molecule has 0 amide bonds. The van der Waals surface area contributed by atoms with Crippen molar-refractivity contribution in [3.63, 3.8) is 0 Å². The Hall–Kier alpha value is -6.84. The Kier molecular flexibility index (Phi) is 5.96. The van der Waals surface area contributed by atoms with Crippen LogP contribution in [0.2, 0.25) is 0 Å². The third-order valence-corrected chi connectivity index (χ3v) is 10.6. The number of para-hydroxylation sites is 5. The lowest BCUT2D eigenvalue weighted by Gasteiger charge is -2.12. The molecule has 0 unspecified atom stereocenters. The van der Waals surface area contributed by atoms with Gasteiger partial charge in [-0.3, -0.25) is 0 Å². The molecule has 0 bridgehead atoms. The zero-order valence-corrected chi connectivity index (χ0v) is 27.7. The van der Waals surface area contributed by atoms with Gasteiger partial charge in [-0.25, -0.2) is 0 Å². The zero-order valence-electron chi connectivity index (χ0n) is 27.7. The first-order valence-electron chi connectivity index (χ1n) is 17.5. The molecule has 3 nitrogen and oxygen atoms in total. The van der Waals surface area contributed by atoms with E-state index in [4.69, 9.17) is 0 Å². The number of fused-ring (bicyclic) bond motifs is 10. The number of hydrogen-bond donors (Lipinski definition) is 0. The van der Waals surface area contributed by atoms with Crippen LogP contribution in [0.5, 0.6) is 0 Å². The molecule has 11 rings (SSSR count). The molecule has 3 aromatic heterocycles. The second-order valence-corrected chi connectivity index (χ2v) is 13.4. The van der Waals surface area contributed by atoms with Gasteiger partial charge in [-0.1, -0.05) is 121 Å². The molecular formula is C48H31N3. The first kappa shape index (κ1) is 28.0. The minimum Gasteiger partial charge on any atom is -0.309 e. The molecule has 0 radical (unpaired) electrons. The highest BCUT2D eigenvalue weighted by molar-refractivity contribution is 6.24. The summed E-state index contributed by atoms with van der Waals surface area (Å²) in [5.41, 5.74) is 13.1. The molecule has 8 aromatic carbocycles. The Labute approximate surface area is 294 Å². The monoisotopic (exact) mass is 649 g/mol. The fourth-order valence-corrected chi connectivity index (χ4v) is 8.42. The van der Waals surface area contributed by atoms with Crippen molar-refractivity contribution in [3.8, 4) is 28.2 Å². The Morgan fingerprint density at radius 1 is 0.235 bits per heavy atom. The van der Waals surface area contributed by atoms with Crippen LogP contribution in [0.25, 0.3) is 93.6 Å². The van der Waals surface area contributed by atoms with Crippen LogP contribution in [0.4, 0.5) is 0 Å². The van der Waals surface area contributed by atoms with Gasteiger partial charge in [-0.2, -0.15) is 0 Å². The molecule has 0 spiro atoms. The quantitative estimate of drug-likeness (QED) is 0.180. The van der Waals surface area contributed by atoms with E-state index in [0.717, 1.165) is 17.1 Å². The average molecular weight is 650 g/mol. The minimum atomic E-state index is 1.15. The summed E-state index contributed by atoms with van der Waals surface area (Å²) in [4.78, 5) is 0. The van der Waals surface area contributed by atoms with Gasteiger partial charge in [0, 0.05) is 49.4 Å². The SMILES string of the molecule is c1ccc(-n2c3ccccc3c3ccc4c5cc(-c6ccc(-n7c8ccccc8c8ccccc87)cc6)ccc5n(-c5ccccc5)c4c32)cc1. The van der Waals surface area contributed by atoms with E-state index in [1.807, 2.05) is 0 Å². The van der Waals surface area contributed by atoms with E-state index in [0.29, 0.717) is 0 Å². The van der Waals surface area contributed by atoms with Gasteiger partial charge in [0.1, 0.15) is 0 Å². The van der Waals surface area contributed by atoms with Crippen LogP contribution in [0.3, 0.4) is 0 Å². The van der Waals surface area contributed by atoms with Crippen LogP contribution in [-0.2, 0) is 0 Å². The number of benzene rings is 8. The highest BCUT2D eigenvalue weighted by Crippen LogP contribution is 2.42. The Morgan fingerprint density at radius 2 is 0.627 bits per heavy atom. The second-order valence-electron chi connectivity index (χ2n) is 13.4. The maximum atomic E-state index is 2.46. The molecule has 0 aliphatic heterocycles. The topological polar surface area (TPSA) is 14.8 Å². The highest BCUT2D eigenvalue weighted by atomic mass is 15.0. The summed E-state index contributed by atoms with van der Waals surface area (Å²) in [5, 5.41) is 7.54. The number of nitrogens with zero attached hydrogens (tertiary/aromatic N) is 3. The highest BCUT2D eigenvalue weighted by Gasteiger charge is 2.21. The van der Waals surface area contributed by atoms with Gasteiger partial charge in [0.2, 0.25) is 0 Å². The van der Waals surface area contributed by atoms with Gasteiger partial charge in [0.25, 0.3) is 0 Å². The number of aromatic nitrogens is 3. The third-order valence-electron chi connectivity index (χ3n) is 10.6. The van der Waals surface area contributed by atoms with Gasteiger partial charge in [0.05, 0.1) is 33.1 Å². The lowest BCUT2D eigenvalue weighted by molar-refractivity contribution is 1.15. The average Bonchev–Trinajstić information content (AvgIpc) is 3.84. The lowest BCUT2D eigenvalue weighted by Crippen LogP contribution is -1.98. The van der Waals surface area contributed by atoms with Gasteiger partial charge in [-0.15, -0.1) is 0 Å². The molecule has 0 saturated carbocycles. The van der Waals surface area contributed by atoms with Gasteiger partial charge >= 0.3 is 0 Å².